The molecule has 3 aromatic rings. The number of rotatable bonds is 3. The van der Waals surface area contributed by atoms with Gasteiger partial charge in [0.05, 0.1) is 22.2 Å². The molecule has 1 aromatic heterocycles. The minimum Gasteiger partial charge on any atom is -0.836 e. The molecule has 2 aromatic carbocycles. The van der Waals surface area contributed by atoms with Crippen LogP contribution in [0.1, 0.15) is 11.4 Å². The van der Waals surface area contributed by atoms with E-state index in [4.69, 9.17) is 0 Å². The largest absolute Gasteiger partial charge is 0.836 e. The lowest BCUT2D eigenvalue weighted by molar-refractivity contribution is -0.538. The Balaban J connectivity index is 2.01. The van der Waals surface area contributed by atoms with Crippen molar-refractivity contribution in [2.45, 2.75) is 6.23 Å². The number of hydrogen-bond acceptors (Lipinski definition) is 4. The van der Waals surface area contributed by atoms with Crippen molar-refractivity contribution < 1.29 is 10.1 Å². The molecule has 0 radical (unpaired) electrons. The fourth-order valence-corrected chi connectivity index (χ4v) is 3.00. The van der Waals surface area contributed by atoms with Crippen molar-refractivity contribution in [3.8, 4) is 5.69 Å². The van der Waals surface area contributed by atoms with Gasteiger partial charge in [-0.3, -0.25) is 9.36 Å². The van der Waals surface area contributed by atoms with E-state index in [9.17, 15) is 9.90 Å². The van der Waals surface area contributed by atoms with Crippen LogP contribution in [-0.4, -0.2) is 35.1 Å². The molecule has 1 atom stereocenters. The van der Waals surface area contributed by atoms with Crippen LogP contribution in [0.15, 0.2) is 53.3 Å². The lowest BCUT2D eigenvalue weighted by atomic mass is 10.1. The van der Waals surface area contributed by atoms with Gasteiger partial charge in [-0.1, -0.05) is 24.3 Å². The van der Waals surface area contributed by atoms with Crippen molar-refractivity contribution in [1.29, 1.82) is 0 Å². The van der Waals surface area contributed by atoms with E-state index in [1.807, 2.05) is 42.5 Å². The monoisotopic (exact) mass is 320 g/mol. The van der Waals surface area contributed by atoms with Gasteiger partial charge in [-0.2, -0.15) is 0 Å². The van der Waals surface area contributed by atoms with Crippen LogP contribution in [0, 0.1) is 0 Å². The molecule has 1 aliphatic rings. The second kappa shape index (κ2) is 5.67. The first-order chi connectivity index (χ1) is 11.7. The lowest BCUT2D eigenvalue weighted by Gasteiger charge is -2.14. The van der Waals surface area contributed by atoms with E-state index < -0.39 is 6.23 Å². The zero-order chi connectivity index (χ0) is 16.7. The summed E-state index contributed by atoms with van der Waals surface area (Å²) in [6.07, 6.45) is -0.939. The molecule has 0 bridgehead atoms. The molecule has 2 N–H and O–H groups in total. The van der Waals surface area contributed by atoms with Crippen molar-refractivity contribution in [1.82, 2.24) is 14.9 Å². The summed E-state index contributed by atoms with van der Waals surface area (Å²) in [5.41, 5.74) is 2.91. The average molecular weight is 320 g/mol. The van der Waals surface area contributed by atoms with Gasteiger partial charge in [0.2, 0.25) is 5.82 Å². The number of aromatic nitrogens is 2. The molecular formula is C18H16N4O2. The first kappa shape index (κ1) is 14.7. The Hall–Kier alpha value is -2.83. The molecule has 0 saturated carbocycles. The van der Waals surface area contributed by atoms with Crippen molar-refractivity contribution >= 4 is 16.6 Å². The maximum absolute atomic E-state index is 12.9. The molecule has 120 valence electrons. The highest BCUT2D eigenvalue weighted by Crippen LogP contribution is 2.24. The summed E-state index contributed by atoms with van der Waals surface area (Å²) in [4.78, 5) is 20.7. The third-order valence-corrected chi connectivity index (χ3v) is 4.20. The normalized spacial score (nSPS) is 15.5. The van der Waals surface area contributed by atoms with Crippen LogP contribution in [0.5, 0.6) is 0 Å². The van der Waals surface area contributed by atoms with Gasteiger partial charge in [-0.05, 0) is 37.5 Å². The SMILES string of the molecule is CNC([O-])C[NH+]=C1c2ccccc2-n2c1nc1ccccc1c2=O. The Morgan fingerprint density at radius 1 is 1.21 bits per heavy atom. The molecule has 0 saturated heterocycles. The molecule has 6 heteroatoms. The van der Waals surface area contributed by atoms with Crippen LogP contribution in [-0.2, 0) is 0 Å². The Kier molecular flexibility index (Phi) is 3.48. The summed E-state index contributed by atoms with van der Waals surface area (Å²) in [6, 6.07) is 14.9. The van der Waals surface area contributed by atoms with Gasteiger partial charge in [0, 0.05) is 0 Å². The van der Waals surface area contributed by atoms with Crippen molar-refractivity contribution in [3.05, 3.63) is 70.3 Å². The average Bonchev–Trinajstić information content (AvgIpc) is 2.93. The highest BCUT2D eigenvalue weighted by atomic mass is 16.3. The number of benzene rings is 2. The molecule has 24 heavy (non-hydrogen) atoms. The molecular weight excluding hydrogens is 304 g/mol. The van der Waals surface area contributed by atoms with E-state index in [0.29, 0.717) is 22.4 Å². The summed E-state index contributed by atoms with van der Waals surface area (Å²) in [5.74, 6) is 0.545. The van der Waals surface area contributed by atoms with Gasteiger partial charge in [0.1, 0.15) is 6.54 Å². The standard InChI is InChI=1S/C18H15N4O2/c1-19-15(23)10-20-16-12-7-3-5-9-14(12)22-17(16)21-13-8-4-2-6-11(13)18(22)24/h2-9,15,19H,10H2,1H3/q-1/p+1. The Labute approximate surface area is 138 Å². The maximum atomic E-state index is 12.9. The molecule has 6 nitrogen and oxygen atoms in total. The number of fused-ring (bicyclic) bond motifs is 4. The van der Waals surface area contributed by atoms with E-state index in [1.54, 1.807) is 17.7 Å². The Morgan fingerprint density at radius 2 is 1.96 bits per heavy atom. The van der Waals surface area contributed by atoms with E-state index >= 15 is 0 Å². The maximum Gasteiger partial charge on any atom is 0.266 e. The Bertz CT molecular complexity index is 1020. The van der Waals surface area contributed by atoms with Crippen LogP contribution in [0.25, 0.3) is 16.6 Å². The van der Waals surface area contributed by atoms with Crippen LogP contribution in [0.3, 0.4) is 0 Å². The molecule has 0 aliphatic carbocycles. The molecule has 0 fully saturated rings. The highest BCUT2D eigenvalue weighted by molar-refractivity contribution is 6.13. The van der Waals surface area contributed by atoms with Crippen LogP contribution in [0.2, 0.25) is 0 Å². The zero-order valence-corrected chi connectivity index (χ0v) is 13.1. The van der Waals surface area contributed by atoms with Crippen LogP contribution >= 0.6 is 0 Å². The van der Waals surface area contributed by atoms with Crippen LogP contribution < -0.4 is 21.0 Å². The predicted molar refractivity (Wildman–Crippen MR) is 89.2 cm³/mol. The van der Waals surface area contributed by atoms with Crippen molar-refractivity contribution in [2.75, 3.05) is 13.6 Å². The second-order valence-corrected chi connectivity index (χ2v) is 5.64. The zero-order valence-electron chi connectivity index (χ0n) is 13.1. The summed E-state index contributed by atoms with van der Waals surface area (Å²) in [5, 5.41) is 14.9. The van der Waals surface area contributed by atoms with Gasteiger partial charge in [-0.15, -0.1) is 0 Å². The highest BCUT2D eigenvalue weighted by Gasteiger charge is 2.32. The van der Waals surface area contributed by atoms with E-state index in [1.165, 1.54) is 0 Å². The topological polar surface area (TPSA) is 83.9 Å². The minimum absolute atomic E-state index is 0.105. The van der Waals surface area contributed by atoms with E-state index in [0.717, 1.165) is 11.3 Å². The van der Waals surface area contributed by atoms with Crippen molar-refractivity contribution in [3.63, 3.8) is 0 Å². The first-order valence-electron chi connectivity index (χ1n) is 7.76. The quantitative estimate of drug-likeness (QED) is 0.451. The fraction of sp³-hybridized carbons (Fsp3) is 0.167. The molecule has 1 unspecified atom stereocenters. The number of nitrogens with one attached hydrogen (secondary N) is 2. The van der Waals surface area contributed by atoms with Crippen LogP contribution in [0.4, 0.5) is 0 Å². The second-order valence-electron chi connectivity index (χ2n) is 5.64. The summed E-state index contributed by atoms with van der Waals surface area (Å²) in [6.45, 7) is 0.197. The minimum atomic E-state index is -0.939. The van der Waals surface area contributed by atoms with Gasteiger partial charge in [-0.25, -0.2) is 9.98 Å². The third kappa shape index (κ3) is 2.16. The smallest absolute Gasteiger partial charge is 0.266 e. The van der Waals surface area contributed by atoms with E-state index in [2.05, 4.69) is 15.3 Å². The lowest BCUT2D eigenvalue weighted by Crippen LogP contribution is -2.79. The molecule has 2 heterocycles. The number of hydrogen-bond donors (Lipinski definition) is 2. The molecule has 1 aliphatic heterocycles. The number of likely N-dealkylation sites (N-methyl/N-ethyl adjacent to an activating group) is 1. The van der Waals surface area contributed by atoms with Gasteiger partial charge in [0.25, 0.3) is 11.3 Å². The molecule has 4 rings (SSSR count). The third-order valence-electron chi connectivity index (χ3n) is 4.20. The molecule has 0 amide bonds. The number of para-hydroxylation sites is 2. The summed E-state index contributed by atoms with van der Waals surface area (Å²) in [7, 11) is 1.62. The molecule has 0 spiro atoms. The van der Waals surface area contributed by atoms with Gasteiger partial charge in [0.15, 0.2) is 0 Å². The first-order valence-corrected chi connectivity index (χ1v) is 7.76. The summed E-state index contributed by atoms with van der Waals surface area (Å²) >= 11 is 0. The van der Waals surface area contributed by atoms with Gasteiger partial charge < -0.3 is 10.4 Å². The predicted octanol–water partition coefficient (Wildman–Crippen LogP) is -1.48. The van der Waals surface area contributed by atoms with Crippen molar-refractivity contribution in [2.24, 2.45) is 0 Å². The van der Waals surface area contributed by atoms with E-state index in [-0.39, 0.29) is 12.1 Å². The summed E-state index contributed by atoms with van der Waals surface area (Å²) < 4.78 is 1.61. The fourth-order valence-electron chi connectivity index (χ4n) is 3.00. The van der Waals surface area contributed by atoms with Gasteiger partial charge >= 0.3 is 0 Å². The number of nitrogens with zero attached hydrogens (tertiary/aromatic N) is 2. The Morgan fingerprint density at radius 3 is 2.79 bits per heavy atom.